The highest BCUT2D eigenvalue weighted by Crippen LogP contribution is 2.18. The number of carbonyl (C=O) groups is 2. The van der Waals surface area contributed by atoms with E-state index in [1.54, 1.807) is 0 Å². The Morgan fingerprint density at radius 2 is 1.87 bits per heavy atom. The lowest BCUT2D eigenvalue weighted by Crippen LogP contribution is -2.24. The minimum Gasteiger partial charge on any atom is -0.349 e. The second kappa shape index (κ2) is 7.26. The molecule has 2 rings (SSSR count). The number of nitrogens with one attached hydrogen (secondary N) is 2. The van der Waals surface area contributed by atoms with Gasteiger partial charge in [0.15, 0.2) is 0 Å². The third-order valence-electron chi connectivity index (χ3n) is 2.86. The van der Waals surface area contributed by atoms with Gasteiger partial charge in [-0.25, -0.2) is 8.78 Å². The van der Waals surface area contributed by atoms with E-state index in [9.17, 15) is 18.4 Å². The highest BCUT2D eigenvalue weighted by molar-refractivity contribution is 6.04. The van der Waals surface area contributed by atoms with E-state index in [1.165, 1.54) is 30.5 Å². The number of anilines is 1. The van der Waals surface area contributed by atoms with Crippen molar-refractivity contribution in [3.05, 3.63) is 72.1 Å². The topological polar surface area (TPSA) is 71.1 Å². The number of halogens is 2. The van der Waals surface area contributed by atoms with E-state index in [0.717, 1.165) is 12.1 Å². The largest absolute Gasteiger partial charge is 0.349 e. The van der Waals surface area contributed by atoms with E-state index in [2.05, 4.69) is 22.2 Å². The lowest BCUT2D eigenvalue weighted by atomic mass is 10.2. The molecule has 0 aliphatic heterocycles. The molecule has 0 saturated carbocycles. The lowest BCUT2D eigenvalue weighted by Gasteiger charge is -2.08. The first-order valence-corrected chi connectivity index (χ1v) is 6.63. The van der Waals surface area contributed by atoms with Gasteiger partial charge >= 0.3 is 0 Å². The van der Waals surface area contributed by atoms with Crippen molar-refractivity contribution in [3.8, 4) is 0 Å². The Kier molecular flexibility index (Phi) is 5.14. The fraction of sp³-hybridized carbons (Fsp3) is 0.0625. The smallest absolute Gasteiger partial charge is 0.274 e. The molecule has 0 aliphatic rings. The maximum Gasteiger partial charge on any atom is 0.274 e. The van der Waals surface area contributed by atoms with Gasteiger partial charge in [0.1, 0.15) is 23.0 Å². The molecule has 0 unspecified atom stereocenters. The van der Waals surface area contributed by atoms with E-state index in [-0.39, 0.29) is 17.8 Å². The zero-order chi connectivity index (χ0) is 16.8. The van der Waals surface area contributed by atoms with Crippen molar-refractivity contribution in [1.29, 1.82) is 0 Å². The second-order valence-electron chi connectivity index (χ2n) is 4.48. The van der Waals surface area contributed by atoms with E-state index in [4.69, 9.17) is 0 Å². The van der Waals surface area contributed by atoms with Gasteiger partial charge in [0, 0.05) is 18.3 Å². The quantitative estimate of drug-likeness (QED) is 0.833. The van der Waals surface area contributed by atoms with Crippen molar-refractivity contribution in [3.63, 3.8) is 0 Å². The highest BCUT2D eigenvalue weighted by Gasteiger charge is 2.15. The predicted molar refractivity (Wildman–Crippen MR) is 81.1 cm³/mol. The minimum absolute atomic E-state index is 0.140. The molecule has 5 nitrogen and oxygen atoms in total. The van der Waals surface area contributed by atoms with Crippen LogP contribution in [0.2, 0.25) is 0 Å². The SMILES string of the molecule is C=CCNC(=O)c1ccnc(C(=O)Nc2c(F)cccc2F)c1. The van der Waals surface area contributed by atoms with Crippen LogP contribution in [0.1, 0.15) is 20.8 Å². The summed E-state index contributed by atoms with van der Waals surface area (Å²) in [7, 11) is 0. The number of para-hydroxylation sites is 1. The van der Waals surface area contributed by atoms with Crippen LogP contribution in [-0.2, 0) is 0 Å². The van der Waals surface area contributed by atoms with Gasteiger partial charge in [-0.3, -0.25) is 14.6 Å². The molecule has 0 aliphatic carbocycles. The van der Waals surface area contributed by atoms with Gasteiger partial charge in [0.05, 0.1) is 0 Å². The van der Waals surface area contributed by atoms with Gasteiger partial charge in [-0.1, -0.05) is 12.1 Å². The van der Waals surface area contributed by atoms with Crippen molar-refractivity contribution in [1.82, 2.24) is 10.3 Å². The fourth-order valence-electron chi connectivity index (χ4n) is 1.76. The van der Waals surface area contributed by atoms with Crippen LogP contribution in [0.25, 0.3) is 0 Å². The number of nitrogens with zero attached hydrogens (tertiary/aromatic N) is 1. The van der Waals surface area contributed by atoms with Gasteiger partial charge in [-0.2, -0.15) is 0 Å². The Labute approximate surface area is 131 Å². The molecule has 0 spiro atoms. The summed E-state index contributed by atoms with van der Waals surface area (Å²) in [5.41, 5.74) is -0.513. The summed E-state index contributed by atoms with van der Waals surface area (Å²) in [4.78, 5) is 27.7. The Hall–Kier alpha value is -3.09. The molecule has 7 heteroatoms. The van der Waals surface area contributed by atoms with Crippen LogP contribution < -0.4 is 10.6 Å². The maximum absolute atomic E-state index is 13.5. The molecule has 1 aromatic carbocycles. The van der Waals surface area contributed by atoms with Crippen LogP contribution in [-0.4, -0.2) is 23.3 Å². The molecule has 0 radical (unpaired) electrons. The molecule has 23 heavy (non-hydrogen) atoms. The molecule has 118 valence electrons. The van der Waals surface area contributed by atoms with E-state index < -0.39 is 29.1 Å². The van der Waals surface area contributed by atoms with Crippen molar-refractivity contribution in [2.24, 2.45) is 0 Å². The second-order valence-corrected chi connectivity index (χ2v) is 4.48. The molecule has 0 fully saturated rings. The van der Waals surface area contributed by atoms with E-state index >= 15 is 0 Å². The summed E-state index contributed by atoms with van der Waals surface area (Å²) in [6, 6.07) is 5.87. The summed E-state index contributed by atoms with van der Waals surface area (Å²) in [5, 5.41) is 4.65. The zero-order valence-electron chi connectivity index (χ0n) is 12.0. The summed E-state index contributed by atoms with van der Waals surface area (Å²) < 4.78 is 27.0. The molecular weight excluding hydrogens is 304 g/mol. The number of hydrogen-bond donors (Lipinski definition) is 2. The monoisotopic (exact) mass is 317 g/mol. The average molecular weight is 317 g/mol. The number of amides is 2. The van der Waals surface area contributed by atoms with Crippen molar-refractivity contribution >= 4 is 17.5 Å². The van der Waals surface area contributed by atoms with Crippen LogP contribution in [0.4, 0.5) is 14.5 Å². The fourth-order valence-corrected chi connectivity index (χ4v) is 1.76. The summed E-state index contributed by atoms with van der Waals surface area (Å²) in [6.07, 6.45) is 2.77. The third-order valence-corrected chi connectivity index (χ3v) is 2.86. The van der Waals surface area contributed by atoms with E-state index in [1.807, 2.05) is 0 Å². The zero-order valence-corrected chi connectivity index (χ0v) is 12.0. The van der Waals surface area contributed by atoms with Crippen LogP contribution in [0, 0.1) is 11.6 Å². The third kappa shape index (κ3) is 3.97. The number of aromatic nitrogens is 1. The molecular formula is C16H13F2N3O2. The number of pyridine rings is 1. The Bertz CT molecular complexity index is 742. The minimum atomic E-state index is -0.904. The molecule has 1 aromatic heterocycles. The van der Waals surface area contributed by atoms with Crippen LogP contribution in [0.15, 0.2) is 49.2 Å². The Morgan fingerprint density at radius 1 is 1.17 bits per heavy atom. The number of carbonyl (C=O) groups excluding carboxylic acids is 2. The molecule has 0 bridgehead atoms. The first-order valence-electron chi connectivity index (χ1n) is 6.63. The molecule has 0 saturated heterocycles. The number of benzene rings is 1. The molecule has 2 amide bonds. The molecule has 0 atom stereocenters. The summed E-state index contributed by atoms with van der Waals surface area (Å²) in [6.45, 7) is 3.74. The first kappa shape index (κ1) is 16.3. The predicted octanol–water partition coefficient (Wildman–Crippen LogP) is 2.53. The summed E-state index contributed by atoms with van der Waals surface area (Å²) >= 11 is 0. The van der Waals surface area contributed by atoms with Crippen molar-refractivity contribution < 1.29 is 18.4 Å². The van der Waals surface area contributed by atoms with Crippen LogP contribution in [0.3, 0.4) is 0 Å². The van der Waals surface area contributed by atoms with Crippen molar-refractivity contribution in [2.75, 3.05) is 11.9 Å². The Morgan fingerprint density at radius 3 is 2.52 bits per heavy atom. The molecule has 2 aromatic rings. The van der Waals surface area contributed by atoms with Gasteiger partial charge in [-0.15, -0.1) is 6.58 Å². The normalized spacial score (nSPS) is 10.0. The maximum atomic E-state index is 13.5. The van der Waals surface area contributed by atoms with Crippen LogP contribution >= 0.6 is 0 Å². The first-order chi connectivity index (χ1) is 11.0. The standard InChI is InChI=1S/C16H13F2N3O2/c1-2-7-20-15(22)10-6-8-19-13(9-10)16(23)21-14-11(17)4-3-5-12(14)18/h2-6,8-9H,1,7H2,(H,20,22)(H,21,23). The van der Waals surface area contributed by atoms with Crippen LogP contribution in [0.5, 0.6) is 0 Å². The summed E-state index contributed by atoms with van der Waals surface area (Å²) in [5.74, 6) is -3.05. The number of rotatable bonds is 5. The van der Waals surface area contributed by atoms with E-state index in [0.29, 0.717) is 0 Å². The molecule has 2 N–H and O–H groups in total. The lowest BCUT2D eigenvalue weighted by molar-refractivity contribution is 0.0958. The van der Waals surface area contributed by atoms with Gasteiger partial charge < -0.3 is 10.6 Å². The van der Waals surface area contributed by atoms with Crippen molar-refractivity contribution in [2.45, 2.75) is 0 Å². The van der Waals surface area contributed by atoms with Gasteiger partial charge in [0.2, 0.25) is 0 Å². The van der Waals surface area contributed by atoms with Gasteiger partial charge in [-0.05, 0) is 24.3 Å². The Balaban J connectivity index is 2.20. The highest BCUT2D eigenvalue weighted by atomic mass is 19.1. The van der Waals surface area contributed by atoms with Gasteiger partial charge in [0.25, 0.3) is 11.8 Å². The molecule has 1 heterocycles. The number of hydrogen-bond acceptors (Lipinski definition) is 3. The average Bonchev–Trinajstić information content (AvgIpc) is 2.56.